The van der Waals surface area contributed by atoms with E-state index in [1.807, 2.05) is 18.2 Å². The number of anilines is 1. The lowest BCUT2D eigenvalue weighted by molar-refractivity contribution is 0.0789. The molecule has 0 atom stereocenters. The lowest BCUT2D eigenvalue weighted by Gasteiger charge is -2.16. The number of nitrogens with zero attached hydrogens (tertiary/aromatic N) is 2. The average Bonchev–Trinajstić information content (AvgIpc) is 2.67. The Morgan fingerprint density at radius 2 is 2.26 bits per heavy atom. The largest absolute Gasteiger partial charge is 0.375 e. The van der Waals surface area contributed by atoms with Crippen LogP contribution in [0, 0.1) is 6.92 Å². The standard InChI is InChI=1S/C13H14ClN3OS/c1-8-11(19-13(15)16-8)12(18)17(2)7-9-4-3-5-10(14)6-9/h3-6H,7H2,1-2H3,(H2,15,16). The summed E-state index contributed by atoms with van der Waals surface area (Å²) in [4.78, 5) is 18.6. The Bertz CT molecular complexity index is 612. The number of aromatic nitrogens is 1. The van der Waals surface area contributed by atoms with Gasteiger partial charge in [0.25, 0.3) is 5.91 Å². The van der Waals surface area contributed by atoms with Crippen molar-refractivity contribution in [3.05, 3.63) is 45.4 Å². The van der Waals surface area contributed by atoms with Crippen LogP contribution in [0.5, 0.6) is 0 Å². The van der Waals surface area contributed by atoms with E-state index in [1.54, 1.807) is 24.9 Å². The Morgan fingerprint density at radius 3 is 2.84 bits per heavy atom. The van der Waals surface area contributed by atoms with Crippen LogP contribution in [0.25, 0.3) is 0 Å². The Balaban J connectivity index is 2.14. The lowest BCUT2D eigenvalue weighted by atomic mass is 10.2. The molecule has 0 saturated heterocycles. The minimum Gasteiger partial charge on any atom is -0.375 e. The molecule has 0 fully saturated rings. The molecule has 1 amide bonds. The lowest BCUT2D eigenvalue weighted by Crippen LogP contribution is -2.26. The van der Waals surface area contributed by atoms with E-state index < -0.39 is 0 Å². The van der Waals surface area contributed by atoms with E-state index >= 15 is 0 Å². The first kappa shape index (κ1) is 13.8. The Hall–Kier alpha value is -1.59. The van der Waals surface area contributed by atoms with Crippen molar-refractivity contribution in [1.29, 1.82) is 0 Å². The van der Waals surface area contributed by atoms with Crippen LogP contribution in [0.3, 0.4) is 0 Å². The molecule has 0 aliphatic carbocycles. The molecule has 4 nitrogen and oxygen atoms in total. The third-order valence-corrected chi connectivity index (χ3v) is 3.87. The average molecular weight is 296 g/mol. The molecule has 1 aromatic carbocycles. The highest BCUT2D eigenvalue weighted by atomic mass is 35.5. The maximum atomic E-state index is 12.3. The number of hydrogen-bond acceptors (Lipinski definition) is 4. The molecular weight excluding hydrogens is 282 g/mol. The molecule has 2 rings (SSSR count). The molecule has 1 heterocycles. The van der Waals surface area contributed by atoms with Crippen molar-refractivity contribution in [1.82, 2.24) is 9.88 Å². The molecule has 2 aromatic rings. The van der Waals surface area contributed by atoms with E-state index in [0.717, 1.165) is 5.56 Å². The summed E-state index contributed by atoms with van der Waals surface area (Å²) in [6.45, 7) is 2.28. The van der Waals surface area contributed by atoms with Gasteiger partial charge in [0.05, 0.1) is 5.69 Å². The number of halogens is 1. The van der Waals surface area contributed by atoms with Gasteiger partial charge in [-0.1, -0.05) is 35.1 Å². The van der Waals surface area contributed by atoms with Crippen molar-refractivity contribution in [2.45, 2.75) is 13.5 Å². The fraction of sp³-hybridized carbons (Fsp3) is 0.231. The minimum atomic E-state index is -0.0772. The second-order valence-electron chi connectivity index (χ2n) is 4.26. The van der Waals surface area contributed by atoms with Crippen molar-refractivity contribution in [3.63, 3.8) is 0 Å². The number of hydrogen-bond donors (Lipinski definition) is 1. The summed E-state index contributed by atoms with van der Waals surface area (Å²) >= 11 is 7.14. The van der Waals surface area contributed by atoms with Gasteiger partial charge in [0, 0.05) is 18.6 Å². The fourth-order valence-corrected chi connectivity index (χ4v) is 2.81. The zero-order valence-electron chi connectivity index (χ0n) is 10.7. The first-order valence-corrected chi connectivity index (χ1v) is 6.89. The summed E-state index contributed by atoms with van der Waals surface area (Å²) in [6, 6.07) is 7.45. The Kier molecular flexibility index (Phi) is 4.07. The van der Waals surface area contributed by atoms with Crippen LogP contribution in [0.1, 0.15) is 20.9 Å². The van der Waals surface area contributed by atoms with Crippen LogP contribution >= 0.6 is 22.9 Å². The minimum absolute atomic E-state index is 0.0772. The number of carbonyl (C=O) groups excluding carboxylic acids is 1. The molecule has 19 heavy (non-hydrogen) atoms. The van der Waals surface area contributed by atoms with Crippen molar-refractivity contribution in [2.24, 2.45) is 0 Å². The number of nitrogens with two attached hydrogens (primary N) is 1. The molecule has 2 N–H and O–H groups in total. The summed E-state index contributed by atoms with van der Waals surface area (Å²) < 4.78 is 0. The molecule has 0 saturated carbocycles. The molecule has 100 valence electrons. The Labute approximate surface area is 120 Å². The topological polar surface area (TPSA) is 59.2 Å². The molecule has 0 unspecified atom stereocenters. The van der Waals surface area contributed by atoms with Gasteiger partial charge >= 0.3 is 0 Å². The third-order valence-electron chi connectivity index (χ3n) is 2.66. The van der Waals surface area contributed by atoms with Crippen LogP contribution in [-0.2, 0) is 6.54 Å². The van der Waals surface area contributed by atoms with Gasteiger partial charge in [0.2, 0.25) is 0 Å². The first-order valence-electron chi connectivity index (χ1n) is 5.70. The van der Waals surface area contributed by atoms with Crippen molar-refractivity contribution in [3.8, 4) is 0 Å². The quantitative estimate of drug-likeness (QED) is 0.947. The van der Waals surface area contributed by atoms with Crippen LogP contribution in [0.2, 0.25) is 5.02 Å². The van der Waals surface area contributed by atoms with Gasteiger partial charge in [-0.3, -0.25) is 4.79 Å². The van der Waals surface area contributed by atoms with E-state index in [1.165, 1.54) is 11.3 Å². The highest BCUT2D eigenvalue weighted by Crippen LogP contribution is 2.22. The van der Waals surface area contributed by atoms with Gasteiger partial charge < -0.3 is 10.6 Å². The van der Waals surface area contributed by atoms with Crippen LogP contribution in [-0.4, -0.2) is 22.8 Å². The molecule has 0 spiro atoms. The fourth-order valence-electron chi connectivity index (χ4n) is 1.77. The van der Waals surface area contributed by atoms with Gasteiger partial charge in [-0.15, -0.1) is 0 Å². The molecule has 1 aromatic heterocycles. The highest BCUT2D eigenvalue weighted by molar-refractivity contribution is 7.17. The highest BCUT2D eigenvalue weighted by Gasteiger charge is 2.18. The number of amides is 1. The van der Waals surface area contributed by atoms with Crippen LogP contribution in [0.15, 0.2) is 24.3 Å². The molecule has 0 radical (unpaired) electrons. The number of aryl methyl sites for hydroxylation is 1. The van der Waals surface area contributed by atoms with Gasteiger partial charge in [0.1, 0.15) is 4.88 Å². The number of rotatable bonds is 3. The number of nitrogen functional groups attached to an aromatic ring is 1. The van der Waals surface area contributed by atoms with Crippen LogP contribution in [0.4, 0.5) is 5.13 Å². The summed E-state index contributed by atoms with van der Waals surface area (Å²) in [5.41, 5.74) is 7.27. The van der Waals surface area contributed by atoms with Crippen molar-refractivity contribution >= 4 is 34.0 Å². The maximum absolute atomic E-state index is 12.3. The molecule has 0 bridgehead atoms. The summed E-state index contributed by atoms with van der Waals surface area (Å²) in [5, 5.41) is 1.08. The SMILES string of the molecule is Cc1nc(N)sc1C(=O)N(C)Cc1cccc(Cl)c1. The first-order chi connectivity index (χ1) is 8.97. The predicted molar refractivity (Wildman–Crippen MR) is 78.5 cm³/mol. The number of carbonyl (C=O) groups is 1. The van der Waals surface area contributed by atoms with Gasteiger partial charge in [-0.25, -0.2) is 4.98 Å². The van der Waals surface area contributed by atoms with Gasteiger partial charge in [0.15, 0.2) is 5.13 Å². The molecule has 6 heteroatoms. The second-order valence-corrected chi connectivity index (χ2v) is 5.72. The van der Waals surface area contributed by atoms with Crippen molar-refractivity contribution in [2.75, 3.05) is 12.8 Å². The molecular formula is C13H14ClN3OS. The number of benzene rings is 1. The zero-order valence-corrected chi connectivity index (χ0v) is 12.3. The zero-order chi connectivity index (χ0) is 14.0. The Morgan fingerprint density at radius 1 is 1.53 bits per heavy atom. The normalized spacial score (nSPS) is 10.5. The molecule has 0 aliphatic heterocycles. The summed E-state index contributed by atoms with van der Waals surface area (Å²) in [6.07, 6.45) is 0. The third kappa shape index (κ3) is 3.24. The maximum Gasteiger partial charge on any atom is 0.265 e. The van der Waals surface area contributed by atoms with E-state index in [2.05, 4.69) is 4.98 Å². The smallest absolute Gasteiger partial charge is 0.265 e. The van der Waals surface area contributed by atoms with E-state index in [-0.39, 0.29) is 5.91 Å². The summed E-state index contributed by atoms with van der Waals surface area (Å²) in [5.74, 6) is -0.0772. The molecule has 0 aliphatic rings. The van der Waals surface area contributed by atoms with E-state index in [0.29, 0.717) is 27.3 Å². The van der Waals surface area contributed by atoms with Crippen LogP contribution < -0.4 is 5.73 Å². The van der Waals surface area contributed by atoms with E-state index in [9.17, 15) is 4.79 Å². The van der Waals surface area contributed by atoms with Gasteiger partial charge in [-0.2, -0.15) is 0 Å². The summed E-state index contributed by atoms with van der Waals surface area (Å²) in [7, 11) is 1.75. The van der Waals surface area contributed by atoms with Crippen molar-refractivity contribution < 1.29 is 4.79 Å². The number of thiazole rings is 1. The monoisotopic (exact) mass is 295 g/mol. The predicted octanol–water partition coefficient (Wildman–Crippen LogP) is 2.96. The van der Waals surface area contributed by atoms with E-state index in [4.69, 9.17) is 17.3 Å². The van der Waals surface area contributed by atoms with Gasteiger partial charge in [-0.05, 0) is 24.6 Å². The second kappa shape index (κ2) is 5.59.